The zero-order chi connectivity index (χ0) is 19.1. The summed E-state index contributed by atoms with van der Waals surface area (Å²) in [6.45, 7) is 2.76. The van der Waals surface area contributed by atoms with Crippen LogP contribution in [0.1, 0.15) is 43.7 Å². The molecule has 2 aliphatic rings. The first kappa shape index (κ1) is 20.0. The molecule has 1 atom stereocenters. The zero-order valence-corrected chi connectivity index (χ0v) is 16.3. The van der Waals surface area contributed by atoms with Gasteiger partial charge in [-0.2, -0.15) is 0 Å². The van der Waals surface area contributed by atoms with Crippen LogP contribution in [0.15, 0.2) is 24.3 Å². The normalized spacial score (nSPS) is 18.9. The first-order chi connectivity index (χ1) is 13.1. The third-order valence-electron chi connectivity index (χ3n) is 5.35. The molecule has 3 amide bonds. The van der Waals surface area contributed by atoms with E-state index in [0.717, 1.165) is 18.4 Å². The van der Waals surface area contributed by atoms with Crippen molar-refractivity contribution < 1.29 is 14.3 Å². The van der Waals surface area contributed by atoms with Gasteiger partial charge in [-0.25, -0.2) is 4.79 Å². The summed E-state index contributed by atoms with van der Waals surface area (Å²) in [6, 6.07) is 7.40. The second-order valence-electron chi connectivity index (χ2n) is 7.22. The van der Waals surface area contributed by atoms with Crippen LogP contribution < -0.4 is 10.6 Å². The molecule has 1 aliphatic heterocycles. The highest BCUT2D eigenvalue weighted by molar-refractivity contribution is 6.30. The number of hydrogen-bond donors (Lipinski definition) is 2. The molecule has 0 bridgehead atoms. The number of morpholine rings is 1. The van der Waals surface area contributed by atoms with Crippen LogP contribution in [0, 0.1) is 5.92 Å². The van der Waals surface area contributed by atoms with Crippen LogP contribution in [0.3, 0.4) is 0 Å². The van der Waals surface area contributed by atoms with Gasteiger partial charge in [-0.3, -0.25) is 4.79 Å². The quantitative estimate of drug-likeness (QED) is 0.780. The lowest BCUT2D eigenvalue weighted by Crippen LogP contribution is -2.44. The highest BCUT2D eigenvalue weighted by Crippen LogP contribution is 2.36. The summed E-state index contributed by atoms with van der Waals surface area (Å²) >= 11 is 6.15. The fourth-order valence-corrected chi connectivity index (χ4v) is 4.11. The minimum atomic E-state index is -0.235. The molecule has 0 spiro atoms. The van der Waals surface area contributed by atoms with Crippen LogP contribution in [-0.4, -0.2) is 49.7 Å². The first-order valence-electron chi connectivity index (χ1n) is 9.79. The molecule has 27 heavy (non-hydrogen) atoms. The van der Waals surface area contributed by atoms with Gasteiger partial charge in [0.25, 0.3) is 0 Å². The van der Waals surface area contributed by atoms with Gasteiger partial charge in [0.2, 0.25) is 5.91 Å². The van der Waals surface area contributed by atoms with E-state index in [1.54, 1.807) is 4.90 Å². The van der Waals surface area contributed by atoms with Crippen molar-refractivity contribution in [3.63, 3.8) is 0 Å². The Kier molecular flexibility index (Phi) is 7.35. The number of ether oxygens (including phenoxy) is 1. The molecular formula is C20H28ClN3O3. The summed E-state index contributed by atoms with van der Waals surface area (Å²) in [5.74, 6) is 0.477. The van der Waals surface area contributed by atoms with Gasteiger partial charge in [0.1, 0.15) is 0 Å². The fraction of sp³-hybridized carbons (Fsp3) is 0.600. The Morgan fingerprint density at radius 3 is 2.67 bits per heavy atom. The molecule has 7 heteroatoms. The van der Waals surface area contributed by atoms with Crippen LogP contribution in [0.4, 0.5) is 4.79 Å². The monoisotopic (exact) mass is 393 g/mol. The number of halogens is 1. The molecule has 0 aromatic heterocycles. The van der Waals surface area contributed by atoms with E-state index >= 15 is 0 Å². The Hall–Kier alpha value is -1.79. The standard InChI is InChI=1S/C20H28ClN3O3/c21-17-7-3-6-16(14-17)19(15-4-1-2-5-15)23-20(26)22-9-8-18(25)24-10-12-27-13-11-24/h3,6-7,14-15,19H,1-2,4-5,8-13H2,(H2,22,23,26)/t19-/m0/s1. The van der Waals surface area contributed by atoms with Crippen LogP contribution in [0.5, 0.6) is 0 Å². The van der Waals surface area contributed by atoms with E-state index in [9.17, 15) is 9.59 Å². The Balaban J connectivity index is 1.51. The summed E-state index contributed by atoms with van der Waals surface area (Å²) in [5, 5.41) is 6.61. The van der Waals surface area contributed by atoms with Crippen molar-refractivity contribution in [1.82, 2.24) is 15.5 Å². The van der Waals surface area contributed by atoms with Crippen molar-refractivity contribution in [2.75, 3.05) is 32.8 Å². The Morgan fingerprint density at radius 2 is 1.96 bits per heavy atom. The first-order valence-corrected chi connectivity index (χ1v) is 10.2. The molecule has 1 aliphatic carbocycles. The average molecular weight is 394 g/mol. The predicted octanol–water partition coefficient (Wildman–Crippen LogP) is 3.12. The molecule has 0 radical (unpaired) electrons. The lowest BCUT2D eigenvalue weighted by Gasteiger charge is -2.27. The molecule has 2 fully saturated rings. The smallest absolute Gasteiger partial charge is 0.315 e. The predicted molar refractivity (Wildman–Crippen MR) is 105 cm³/mol. The maximum Gasteiger partial charge on any atom is 0.315 e. The van der Waals surface area contributed by atoms with Gasteiger partial charge in [0.05, 0.1) is 19.3 Å². The number of amides is 3. The minimum Gasteiger partial charge on any atom is -0.378 e. The maximum atomic E-state index is 12.4. The van der Waals surface area contributed by atoms with Crippen molar-refractivity contribution in [3.05, 3.63) is 34.9 Å². The highest BCUT2D eigenvalue weighted by atomic mass is 35.5. The minimum absolute atomic E-state index is 0.0545. The van der Waals surface area contributed by atoms with Gasteiger partial charge in [0, 0.05) is 31.1 Å². The van der Waals surface area contributed by atoms with E-state index in [4.69, 9.17) is 16.3 Å². The molecule has 1 heterocycles. The summed E-state index contributed by atoms with van der Waals surface area (Å²) < 4.78 is 5.25. The van der Waals surface area contributed by atoms with Crippen molar-refractivity contribution in [2.24, 2.45) is 5.92 Å². The van der Waals surface area contributed by atoms with Crippen LogP contribution in [0.2, 0.25) is 5.02 Å². The van der Waals surface area contributed by atoms with Crippen molar-refractivity contribution in [2.45, 2.75) is 38.1 Å². The Labute approximate surface area is 165 Å². The van der Waals surface area contributed by atoms with Crippen LogP contribution in [0.25, 0.3) is 0 Å². The van der Waals surface area contributed by atoms with Crippen LogP contribution in [-0.2, 0) is 9.53 Å². The van der Waals surface area contributed by atoms with Crippen molar-refractivity contribution in [1.29, 1.82) is 0 Å². The number of benzene rings is 1. The number of nitrogens with zero attached hydrogens (tertiary/aromatic N) is 1. The van der Waals surface area contributed by atoms with E-state index in [2.05, 4.69) is 10.6 Å². The van der Waals surface area contributed by atoms with Gasteiger partial charge in [0.15, 0.2) is 0 Å². The third kappa shape index (κ3) is 5.84. The second kappa shape index (κ2) is 9.95. The summed E-state index contributed by atoms with van der Waals surface area (Å²) in [6.07, 6.45) is 4.90. The van der Waals surface area contributed by atoms with Gasteiger partial charge < -0.3 is 20.3 Å². The lowest BCUT2D eigenvalue weighted by molar-refractivity contribution is -0.135. The van der Waals surface area contributed by atoms with E-state index in [0.29, 0.717) is 50.2 Å². The van der Waals surface area contributed by atoms with Gasteiger partial charge in [-0.15, -0.1) is 0 Å². The number of nitrogens with one attached hydrogen (secondary N) is 2. The Morgan fingerprint density at radius 1 is 1.22 bits per heavy atom. The SMILES string of the molecule is O=C(NCCC(=O)N1CCOCC1)N[C@H](c1cccc(Cl)c1)C1CCCC1. The summed E-state index contributed by atoms with van der Waals surface area (Å²) in [7, 11) is 0. The van der Waals surface area contributed by atoms with Crippen molar-refractivity contribution in [3.8, 4) is 0 Å². The molecule has 0 unspecified atom stereocenters. The maximum absolute atomic E-state index is 12.4. The molecule has 1 aromatic rings. The molecule has 148 valence electrons. The summed E-state index contributed by atoms with van der Waals surface area (Å²) in [4.78, 5) is 26.4. The van der Waals surface area contributed by atoms with E-state index in [-0.39, 0.29) is 18.0 Å². The number of carbonyl (C=O) groups excluding carboxylic acids is 2. The summed E-state index contributed by atoms with van der Waals surface area (Å²) in [5.41, 5.74) is 1.04. The zero-order valence-electron chi connectivity index (χ0n) is 15.6. The molecule has 1 saturated heterocycles. The molecule has 6 nitrogen and oxygen atoms in total. The van der Waals surface area contributed by atoms with E-state index in [1.165, 1.54) is 12.8 Å². The topological polar surface area (TPSA) is 70.7 Å². The molecule has 3 rings (SSSR count). The Bertz CT molecular complexity index is 643. The van der Waals surface area contributed by atoms with Gasteiger partial charge >= 0.3 is 6.03 Å². The van der Waals surface area contributed by atoms with Crippen molar-refractivity contribution >= 4 is 23.5 Å². The van der Waals surface area contributed by atoms with Crippen LogP contribution >= 0.6 is 11.6 Å². The molecule has 1 saturated carbocycles. The second-order valence-corrected chi connectivity index (χ2v) is 7.66. The highest BCUT2D eigenvalue weighted by Gasteiger charge is 2.28. The third-order valence-corrected chi connectivity index (χ3v) is 5.59. The molecule has 1 aromatic carbocycles. The number of hydrogen-bond acceptors (Lipinski definition) is 3. The fourth-order valence-electron chi connectivity index (χ4n) is 3.91. The largest absolute Gasteiger partial charge is 0.378 e. The van der Waals surface area contributed by atoms with E-state index in [1.807, 2.05) is 24.3 Å². The van der Waals surface area contributed by atoms with Gasteiger partial charge in [-0.1, -0.05) is 36.6 Å². The number of urea groups is 1. The lowest BCUT2D eigenvalue weighted by atomic mass is 9.92. The van der Waals surface area contributed by atoms with E-state index < -0.39 is 0 Å². The number of carbonyl (C=O) groups is 2. The van der Waals surface area contributed by atoms with Gasteiger partial charge in [-0.05, 0) is 36.5 Å². The average Bonchev–Trinajstić information content (AvgIpc) is 3.21. The molecular weight excluding hydrogens is 366 g/mol. The number of rotatable bonds is 6. The molecule has 2 N–H and O–H groups in total.